The second kappa shape index (κ2) is 5.48. The Labute approximate surface area is 101 Å². The number of rotatable bonds is 4. The van der Waals surface area contributed by atoms with Gasteiger partial charge in [-0.25, -0.2) is 4.79 Å². The molecule has 4 heteroatoms. The van der Waals surface area contributed by atoms with Crippen LogP contribution < -0.4 is 4.90 Å². The summed E-state index contributed by atoms with van der Waals surface area (Å²) in [5.74, 6) is -1.41. The molecule has 0 saturated heterocycles. The molecule has 4 nitrogen and oxygen atoms in total. The normalized spacial score (nSPS) is 12.2. The summed E-state index contributed by atoms with van der Waals surface area (Å²) in [5.41, 5.74) is 0.612. The van der Waals surface area contributed by atoms with Gasteiger partial charge in [0.2, 0.25) is 5.91 Å². The maximum Gasteiger partial charge on any atom is 0.327 e. The van der Waals surface area contributed by atoms with Crippen LogP contribution in [0.1, 0.15) is 20.8 Å². The van der Waals surface area contributed by atoms with Crippen LogP contribution >= 0.6 is 0 Å². The fourth-order valence-electron chi connectivity index (χ4n) is 1.82. The average Bonchev–Trinajstić information content (AvgIpc) is 2.25. The molecule has 0 unspecified atom stereocenters. The fourth-order valence-corrected chi connectivity index (χ4v) is 1.82. The third kappa shape index (κ3) is 3.06. The predicted octanol–water partition coefficient (Wildman–Crippen LogP) is 2.15. The summed E-state index contributed by atoms with van der Waals surface area (Å²) in [7, 11) is 0. The van der Waals surface area contributed by atoms with Gasteiger partial charge in [-0.2, -0.15) is 0 Å². The van der Waals surface area contributed by atoms with Gasteiger partial charge in [-0.3, -0.25) is 9.69 Å². The zero-order valence-electron chi connectivity index (χ0n) is 10.3. The maximum atomic E-state index is 11.7. The molecule has 0 radical (unpaired) electrons. The van der Waals surface area contributed by atoms with Gasteiger partial charge >= 0.3 is 5.97 Å². The first-order chi connectivity index (χ1) is 7.95. The number of amides is 1. The molecule has 0 saturated carbocycles. The van der Waals surface area contributed by atoms with Gasteiger partial charge in [0.1, 0.15) is 6.04 Å². The molecule has 1 N–H and O–H groups in total. The van der Waals surface area contributed by atoms with Crippen molar-refractivity contribution in [1.29, 1.82) is 0 Å². The minimum Gasteiger partial charge on any atom is -0.480 e. The number of carboxylic acid groups (broad SMARTS) is 1. The van der Waals surface area contributed by atoms with E-state index >= 15 is 0 Å². The van der Waals surface area contributed by atoms with Crippen molar-refractivity contribution in [2.45, 2.75) is 26.8 Å². The van der Waals surface area contributed by atoms with Crippen LogP contribution in [0.3, 0.4) is 0 Å². The fraction of sp³-hybridized carbons (Fsp3) is 0.385. The lowest BCUT2D eigenvalue weighted by Gasteiger charge is -2.30. The Morgan fingerprint density at radius 1 is 1.18 bits per heavy atom. The number of nitrogens with zero attached hydrogens (tertiary/aromatic N) is 1. The van der Waals surface area contributed by atoms with E-state index in [4.69, 9.17) is 0 Å². The summed E-state index contributed by atoms with van der Waals surface area (Å²) in [4.78, 5) is 24.2. The number of hydrogen-bond acceptors (Lipinski definition) is 2. The van der Waals surface area contributed by atoms with Crippen molar-refractivity contribution < 1.29 is 14.7 Å². The molecular weight excluding hydrogens is 218 g/mol. The van der Waals surface area contributed by atoms with Crippen LogP contribution in [0.5, 0.6) is 0 Å². The standard InChI is InChI=1S/C13H17NO3/c1-9(2)12(13(16)17)14(10(3)15)11-7-5-4-6-8-11/h4-9,12H,1-3H3,(H,16,17)/t12-/m0/s1. The summed E-state index contributed by atoms with van der Waals surface area (Å²) >= 11 is 0. The van der Waals surface area contributed by atoms with Crippen molar-refractivity contribution >= 4 is 17.6 Å². The SMILES string of the molecule is CC(=O)N(c1ccccc1)[C@H](C(=O)O)C(C)C. The van der Waals surface area contributed by atoms with Crippen LogP contribution in [-0.2, 0) is 9.59 Å². The van der Waals surface area contributed by atoms with Gasteiger partial charge in [0.05, 0.1) is 0 Å². The molecule has 17 heavy (non-hydrogen) atoms. The second-order valence-electron chi connectivity index (χ2n) is 4.25. The highest BCUT2D eigenvalue weighted by atomic mass is 16.4. The first-order valence-electron chi connectivity index (χ1n) is 5.52. The van der Waals surface area contributed by atoms with Gasteiger partial charge < -0.3 is 5.11 Å². The first-order valence-corrected chi connectivity index (χ1v) is 5.52. The van der Waals surface area contributed by atoms with E-state index in [1.54, 1.807) is 38.1 Å². The number of anilines is 1. The lowest BCUT2D eigenvalue weighted by Crippen LogP contribution is -2.47. The average molecular weight is 235 g/mol. The Morgan fingerprint density at radius 3 is 2.06 bits per heavy atom. The predicted molar refractivity (Wildman–Crippen MR) is 65.9 cm³/mol. The number of carbonyl (C=O) groups is 2. The van der Waals surface area contributed by atoms with Crippen molar-refractivity contribution in [3.05, 3.63) is 30.3 Å². The minimum absolute atomic E-state index is 0.156. The highest BCUT2D eigenvalue weighted by Gasteiger charge is 2.31. The largest absolute Gasteiger partial charge is 0.480 e. The van der Waals surface area contributed by atoms with Crippen LogP contribution in [0.25, 0.3) is 0 Å². The van der Waals surface area contributed by atoms with E-state index in [9.17, 15) is 14.7 Å². The van der Waals surface area contributed by atoms with Gasteiger partial charge in [0, 0.05) is 12.6 Å². The molecule has 1 aromatic rings. The molecule has 0 aliphatic carbocycles. The number of para-hydroxylation sites is 1. The molecule has 0 heterocycles. The number of aliphatic carboxylic acids is 1. The van der Waals surface area contributed by atoms with Crippen LogP contribution in [0.4, 0.5) is 5.69 Å². The van der Waals surface area contributed by atoms with Crippen molar-refractivity contribution in [3.63, 3.8) is 0 Å². The maximum absolute atomic E-state index is 11.7. The number of hydrogen-bond donors (Lipinski definition) is 1. The molecule has 0 aliphatic rings. The lowest BCUT2D eigenvalue weighted by molar-refractivity contribution is -0.141. The monoisotopic (exact) mass is 235 g/mol. The number of carbonyl (C=O) groups excluding carboxylic acids is 1. The third-order valence-corrected chi connectivity index (χ3v) is 2.54. The Morgan fingerprint density at radius 2 is 1.71 bits per heavy atom. The summed E-state index contributed by atoms with van der Waals surface area (Å²) < 4.78 is 0. The topological polar surface area (TPSA) is 57.6 Å². The molecule has 0 aromatic heterocycles. The molecule has 0 fully saturated rings. The van der Waals surface area contributed by atoms with Crippen LogP contribution in [0.2, 0.25) is 0 Å². The van der Waals surface area contributed by atoms with Crippen molar-refractivity contribution in [2.75, 3.05) is 4.90 Å². The molecule has 0 spiro atoms. The van der Waals surface area contributed by atoms with Gasteiger partial charge in [-0.1, -0.05) is 32.0 Å². The molecule has 1 atom stereocenters. The van der Waals surface area contributed by atoms with Gasteiger partial charge in [0.25, 0.3) is 0 Å². The number of carboxylic acids is 1. The van der Waals surface area contributed by atoms with E-state index in [1.165, 1.54) is 11.8 Å². The smallest absolute Gasteiger partial charge is 0.327 e. The summed E-state index contributed by atoms with van der Waals surface area (Å²) in [6.07, 6.45) is 0. The third-order valence-electron chi connectivity index (χ3n) is 2.54. The Hall–Kier alpha value is -1.84. The quantitative estimate of drug-likeness (QED) is 0.869. The van der Waals surface area contributed by atoms with Crippen molar-refractivity contribution in [2.24, 2.45) is 5.92 Å². The molecule has 92 valence electrons. The van der Waals surface area contributed by atoms with Gasteiger partial charge in [-0.15, -0.1) is 0 Å². The van der Waals surface area contributed by atoms with Crippen LogP contribution in [0.15, 0.2) is 30.3 Å². The summed E-state index contributed by atoms with van der Waals surface area (Å²) in [6.45, 7) is 4.96. The van der Waals surface area contributed by atoms with E-state index in [0.29, 0.717) is 5.69 Å². The van der Waals surface area contributed by atoms with E-state index in [0.717, 1.165) is 0 Å². The van der Waals surface area contributed by atoms with Crippen molar-refractivity contribution in [1.82, 2.24) is 0 Å². The lowest BCUT2D eigenvalue weighted by atomic mass is 10.0. The Bertz CT molecular complexity index is 400. The molecule has 0 aliphatic heterocycles. The first kappa shape index (κ1) is 13.2. The molecule has 0 bridgehead atoms. The Kier molecular flexibility index (Phi) is 4.26. The van der Waals surface area contributed by atoms with Gasteiger partial charge in [0.15, 0.2) is 0 Å². The minimum atomic E-state index is -0.987. The second-order valence-corrected chi connectivity index (χ2v) is 4.25. The van der Waals surface area contributed by atoms with Crippen molar-refractivity contribution in [3.8, 4) is 0 Å². The van der Waals surface area contributed by atoms with E-state index < -0.39 is 12.0 Å². The van der Waals surface area contributed by atoms with Gasteiger partial charge in [-0.05, 0) is 18.1 Å². The van der Waals surface area contributed by atoms with Crippen LogP contribution in [0, 0.1) is 5.92 Å². The molecule has 1 aromatic carbocycles. The molecular formula is C13H17NO3. The zero-order valence-corrected chi connectivity index (χ0v) is 10.3. The van der Waals surface area contributed by atoms with E-state index in [1.807, 2.05) is 6.07 Å². The Balaban J connectivity index is 3.17. The van der Waals surface area contributed by atoms with E-state index in [-0.39, 0.29) is 11.8 Å². The summed E-state index contributed by atoms with van der Waals surface area (Å²) in [6, 6.07) is 8.02. The zero-order chi connectivity index (χ0) is 13.0. The highest BCUT2D eigenvalue weighted by Crippen LogP contribution is 2.21. The number of benzene rings is 1. The molecule has 1 amide bonds. The summed E-state index contributed by atoms with van der Waals surface area (Å²) in [5, 5.41) is 9.23. The molecule has 1 rings (SSSR count). The highest BCUT2D eigenvalue weighted by molar-refractivity contribution is 5.97. The van der Waals surface area contributed by atoms with E-state index in [2.05, 4.69) is 0 Å². The van der Waals surface area contributed by atoms with Crippen LogP contribution in [-0.4, -0.2) is 23.0 Å².